The van der Waals surface area contributed by atoms with Crippen LogP contribution >= 0.6 is 22.9 Å². The number of hydrogen-bond acceptors (Lipinski definition) is 5. The Morgan fingerprint density at radius 3 is 2.88 bits per heavy atom. The van der Waals surface area contributed by atoms with E-state index < -0.39 is 0 Å². The van der Waals surface area contributed by atoms with E-state index in [0.29, 0.717) is 35.1 Å². The lowest BCUT2D eigenvalue weighted by atomic mass is 10.1. The highest BCUT2D eigenvalue weighted by atomic mass is 35.5. The molecule has 0 radical (unpaired) electrons. The van der Waals surface area contributed by atoms with Gasteiger partial charge in [0.15, 0.2) is 0 Å². The van der Waals surface area contributed by atoms with Crippen molar-refractivity contribution in [2.45, 2.75) is 45.7 Å². The predicted octanol–water partition coefficient (Wildman–Crippen LogP) is 3.32. The molecular formula is C17H20ClN3O3S. The number of nitrogens with one attached hydrogen (secondary N) is 1. The highest BCUT2D eigenvalue weighted by Crippen LogP contribution is 2.23. The van der Waals surface area contributed by atoms with Crippen molar-refractivity contribution < 1.29 is 14.1 Å². The molecule has 25 heavy (non-hydrogen) atoms. The van der Waals surface area contributed by atoms with Gasteiger partial charge >= 0.3 is 0 Å². The third-order valence-electron chi connectivity index (χ3n) is 4.47. The predicted molar refractivity (Wildman–Crippen MR) is 95.8 cm³/mol. The number of carbonyl (C=O) groups excluding carboxylic acids is 2. The minimum absolute atomic E-state index is 0.0213. The number of carbonyl (C=O) groups is 2. The van der Waals surface area contributed by atoms with Crippen molar-refractivity contribution in [1.29, 1.82) is 0 Å². The van der Waals surface area contributed by atoms with Crippen LogP contribution in [0.2, 0.25) is 4.34 Å². The fourth-order valence-electron chi connectivity index (χ4n) is 2.96. The summed E-state index contributed by atoms with van der Waals surface area (Å²) in [5.74, 6) is 0.707. The minimum atomic E-state index is -0.131. The first-order valence-electron chi connectivity index (χ1n) is 8.19. The molecule has 2 aromatic rings. The van der Waals surface area contributed by atoms with Gasteiger partial charge in [0.25, 0.3) is 5.91 Å². The first-order valence-corrected chi connectivity index (χ1v) is 9.39. The van der Waals surface area contributed by atoms with Crippen LogP contribution in [0.5, 0.6) is 0 Å². The van der Waals surface area contributed by atoms with Crippen LogP contribution in [0, 0.1) is 13.8 Å². The molecule has 0 bridgehead atoms. The Kier molecular flexibility index (Phi) is 5.44. The number of thiophene rings is 1. The molecule has 1 atom stereocenters. The summed E-state index contributed by atoms with van der Waals surface area (Å²) in [4.78, 5) is 27.1. The van der Waals surface area contributed by atoms with Gasteiger partial charge in [0.1, 0.15) is 5.76 Å². The van der Waals surface area contributed by atoms with Gasteiger partial charge in [-0.1, -0.05) is 16.8 Å². The molecule has 2 aromatic heterocycles. The third-order valence-corrected chi connectivity index (χ3v) is 5.70. The first-order chi connectivity index (χ1) is 11.9. The van der Waals surface area contributed by atoms with Gasteiger partial charge in [0.2, 0.25) is 5.91 Å². The Morgan fingerprint density at radius 2 is 2.24 bits per heavy atom. The summed E-state index contributed by atoms with van der Waals surface area (Å²) in [6.07, 6.45) is 1.78. The Bertz CT molecular complexity index is 766. The Hall–Kier alpha value is -1.86. The van der Waals surface area contributed by atoms with Crippen LogP contribution in [0.15, 0.2) is 16.7 Å². The van der Waals surface area contributed by atoms with Crippen LogP contribution in [-0.4, -0.2) is 34.5 Å². The number of amides is 2. The van der Waals surface area contributed by atoms with Crippen molar-refractivity contribution in [3.63, 3.8) is 0 Å². The van der Waals surface area contributed by atoms with Gasteiger partial charge in [-0.15, -0.1) is 11.3 Å². The van der Waals surface area contributed by atoms with Gasteiger partial charge < -0.3 is 14.7 Å². The highest BCUT2D eigenvalue weighted by Gasteiger charge is 2.25. The molecule has 6 nitrogen and oxygen atoms in total. The van der Waals surface area contributed by atoms with Crippen molar-refractivity contribution in [2.24, 2.45) is 0 Å². The van der Waals surface area contributed by atoms with Crippen molar-refractivity contribution in [3.8, 4) is 0 Å². The maximum atomic E-state index is 12.4. The van der Waals surface area contributed by atoms with Crippen LogP contribution < -0.4 is 5.32 Å². The quantitative estimate of drug-likeness (QED) is 0.881. The van der Waals surface area contributed by atoms with E-state index in [1.54, 1.807) is 12.1 Å². The maximum Gasteiger partial charge on any atom is 0.261 e. The van der Waals surface area contributed by atoms with Gasteiger partial charge in [0.05, 0.1) is 21.5 Å². The zero-order valence-corrected chi connectivity index (χ0v) is 15.7. The standard InChI is InChI=1S/C17H20ClN3O3S/c1-10-13(11(2)24-20-10)9-21-8-7-12(3-6-16(21)22)19-17(23)14-4-5-15(18)25-14/h4-5,12H,3,6-9H2,1-2H3,(H,19,23). The topological polar surface area (TPSA) is 75.4 Å². The molecule has 1 fully saturated rings. The molecule has 8 heteroatoms. The van der Waals surface area contributed by atoms with E-state index in [2.05, 4.69) is 10.5 Å². The van der Waals surface area contributed by atoms with Crippen molar-refractivity contribution in [2.75, 3.05) is 6.54 Å². The SMILES string of the molecule is Cc1noc(C)c1CN1CCC(NC(=O)c2ccc(Cl)s2)CCC1=O. The maximum absolute atomic E-state index is 12.4. The minimum Gasteiger partial charge on any atom is -0.361 e. The van der Waals surface area contributed by atoms with Crippen LogP contribution in [0.3, 0.4) is 0 Å². The largest absolute Gasteiger partial charge is 0.361 e. The fraction of sp³-hybridized carbons (Fsp3) is 0.471. The normalized spacial score (nSPS) is 18.3. The highest BCUT2D eigenvalue weighted by molar-refractivity contribution is 7.18. The van der Waals surface area contributed by atoms with E-state index in [1.165, 1.54) is 11.3 Å². The lowest BCUT2D eigenvalue weighted by Gasteiger charge is -2.21. The molecule has 3 rings (SSSR count). The molecule has 1 unspecified atom stereocenters. The molecule has 3 heterocycles. The summed E-state index contributed by atoms with van der Waals surface area (Å²) in [5, 5.41) is 6.95. The molecule has 1 saturated heterocycles. The molecule has 2 amide bonds. The molecule has 0 aliphatic carbocycles. The van der Waals surface area contributed by atoms with Crippen LogP contribution in [0.4, 0.5) is 0 Å². The second kappa shape index (κ2) is 7.58. The van der Waals surface area contributed by atoms with Gasteiger partial charge in [-0.05, 0) is 38.8 Å². The van der Waals surface area contributed by atoms with Gasteiger partial charge in [0, 0.05) is 24.6 Å². The van der Waals surface area contributed by atoms with Crippen LogP contribution in [0.25, 0.3) is 0 Å². The summed E-state index contributed by atoms with van der Waals surface area (Å²) >= 11 is 7.13. The van der Waals surface area contributed by atoms with Crippen LogP contribution in [0.1, 0.15) is 46.0 Å². The molecule has 0 spiro atoms. The summed E-state index contributed by atoms with van der Waals surface area (Å²) in [5.41, 5.74) is 1.78. The summed E-state index contributed by atoms with van der Waals surface area (Å²) in [6, 6.07) is 3.41. The van der Waals surface area contributed by atoms with E-state index in [9.17, 15) is 9.59 Å². The lowest BCUT2D eigenvalue weighted by molar-refractivity contribution is -0.131. The first kappa shape index (κ1) is 17.9. The third kappa shape index (κ3) is 4.22. The molecule has 1 aliphatic heterocycles. The Labute approximate surface area is 155 Å². The summed E-state index contributed by atoms with van der Waals surface area (Å²) < 4.78 is 5.76. The summed E-state index contributed by atoms with van der Waals surface area (Å²) in [7, 11) is 0. The van der Waals surface area contributed by atoms with Crippen LogP contribution in [-0.2, 0) is 11.3 Å². The van der Waals surface area contributed by atoms with E-state index in [4.69, 9.17) is 16.1 Å². The number of aryl methyl sites for hydroxylation is 2. The fourth-order valence-corrected chi connectivity index (χ4v) is 3.91. The molecular weight excluding hydrogens is 362 g/mol. The van der Waals surface area contributed by atoms with Crippen molar-refractivity contribution >= 4 is 34.8 Å². The smallest absolute Gasteiger partial charge is 0.261 e. The zero-order chi connectivity index (χ0) is 18.0. The Balaban J connectivity index is 1.61. The average molecular weight is 382 g/mol. The summed E-state index contributed by atoms with van der Waals surface area (Å²) in [6.45, 7) is 4.83. The van der Waals surface area contributed by atoms with Gasteiger partial charge in [-0.3, -0.25) is 9.59 Å². The monoisotopic (exact) mass is 381 g/mol. The number of likely N-dealkylation sites (tertiary alicyclic amines) is 1. The second-order valence-electron chi connectivity index (χ2n) is 6.22. The molecule has 0 saturated carbocycles. The molecule has 1 aliphatic rings. The lowest BCUT2D eigenvalue weighted by Crippen LogP contribution is -2.35. The number of hydrogen-bond donors (Lipinski definition) is 1. The number of rotatable bonds is 4. The van der Waals surface area contributed by atoms with Gasteiger partial charge in [-0.25, -0.2) is 0 Å². The second-order valence-corrected chi connectivity index (χ2v) is 7.93. The number of nitrogens with zero attached hydrogens (tertiary/aromatic N) is 2. The van der Waals surface area contributed by atoms with E-state index >= 15 is 0 Å². The van der Waals surface area contributed by atoms with E-state index in [-0.39, 0.29) is 17.9 Å². The van der Waals surface area contributed by atoms with Gasteiger partial charge in [-0.2, -0.15) is 0 Å². The van der Waals surface area contributed by atoms with Crippen molar-refractivity contribution in [1.82, 2.24) is 15.4 Å². The molecule has 1 N–H and O–H groups in total. The molecule has 0 aromatic carbocycles. The Morgan fingerprint density at radius 1 is 1.44 bits per heavy atom. The molecule has 134 valence electrons. The zero-order valence-electron chi connectivity index (χ0n) is 14.2. The average Bonchev–Trinajstić information content (AvgIpc) is 3.10. The number of aromatic nitrogens is 1. The van der Waals surface area contributed by atoms with E-state index in [0.717, 1.165) is 23.4 Å². The van der Waals surface area contributed by atoms with Crippen molar-refractivity contribution in [3.05, 3.63) is 38.4 Å². The number of halogens is 1. The van der Waals surface area contributed by atoms with E-state index in [1.807, 2.05) is 18.7 Å².